The maximum absolute atomic E-state index is 7.69. The summed E-state index contributed by atoms with van der Waals surface area (Å²) in [5.41, 5.74) is 9.66. The van der Waals surface area contributed by atoms with Crippen LogP contribution in [-0.2, 0) is 17.3 Å². The molecule has 0 saturated heterocycles. The van der Waals surface area contributed by atoms with Gasteiger partial charge in [-0.05, 0) is 66.6 Å². The Labute approximate surface area is 280 Å². The van der Waals surface area contributed by atoms with Gasteiger partial charge in [0, 0.05) is 41.9 Å². The Balaban J connectivity index is 1.41. The lowest BCUT2D eigenvalue weighted by Crippen LogP contribution is -2.32. The van der Waals surface area contributed by atoms with E-state index in [2.05, 4.69) is 152 Å². The van der Waals surface area contributed by atoms with Crippen molar-refractivity contribution < 1.29 is 4.58 Å². The summed E-state index contributed by atoms with van der Waals surface area (Å²) in [6.45, 7) is 18.0. The minimum atomic E-state index is -0.233. The summed E-state index contributed by atoms with van der Waals surface area (Å²) in [7, 11) is 2.23. The Kier molecular flexibility index (Phi) is 7.85. The van der Waals surface area contributed by atoms with E-state index in [1.807, 2.05) is 12.1 Å². The first kappa shape index (κ1) is 30.7. The number of benzene rings is 5. The fourth-order valence-corrected chi connectivity index (χ4v) is 8.55. The molecule has 0 fully saturated rings. The molecule has 3 nitrogen and oxygen atoms in total. The average molecular weight is 615 g/mol. The van der Waals surface area contributed by atoms with Gasteiger partial charge in [0.2, 0.25) is 5.69 Å². The minimum absolute atomic E-state index is 0.120. The number of hydrogen-bond donors (Lipinski definition) is 0. The summed E-state index contributed by atoms with van der Waals surface area (Å²) in [5.74, 6) is 0. The Hall–Kier alpha value is -4.94. The predicted molar refractivity (Wildman–Crippen MR) is 200 cm³/mol. The van der Waals surface area contributed by atoms with E-state index in [4.69, 9.17) is 6.57 Å². The van der Waals surface area contributed by atoms with Crippen LogP contribution in [0.4, 0.5) is 17.1 Å². The topological polar surface area (TPSA) is 10.6 Å². The molecule has 5 aromatic rings. The molecule has 0 aromatic heterocycles. The molecule has 0 N–H and O–H groups in total. The molecule has 5 aromatic carbocycles. The van der Waals surface area contributed by atoms with Crippen LogP contribution >= 0.6 is 0 Å². The van der Waals surface area contributed by atoms with Crippen LogP contribution in [0.5, 0.6) is 0 Å². The number of fused-ring (bicyclic) bond motifs is 6. The van der Waals surface area contributed by atoms with Gasteiger partial charge >= 0.3 is 0 Å². The van der Waals surface area contributed by atoms with Crippen molar-refractivity contribution in [1.29, 1.82) is 0 Å². The lowest BCUT2D eigenvalue weighted by Gasteiger charge is -2.34. The highest BCUT2D eigenvalue weighted by Gasteiger charge is 2.47. The smallest absolute Gasteiger partial charge is 0.217 e. The zero-order valence-corrected chi connectivity index (χ0v) is 28.3. The van der Waals surface area contributed by atoms with Gasteiger partial charge in [-0.3, -0.25) is 0 Å². The van der Waals surface area contributed by atoms with Crippen LogP contribution in [0.3, 0.4) is 0 Å². The number of nitrogens with zero attached hydrogens (tertiary/aromatic N) is 3. The normalized spacial score (nSPS) is 19.2. The van der Waals surface area contributed by atoms with E-state index in [-0.39, 0.29) is 10.8 Å². The molecule has 2 aliphatic rings. The molecule has 3 heteroatoms. The standard InChI is InChI=1S/C44H44N3/c1-7-27-44(30-31-15-13-18-34(29-31)45-5)40(46(6)38-26-24-32-16-9-11-19-35(32)41(38)44)22-14-21-39-43(3,4)37-25-23-33-17-10-12-20-36(33)42(37)47(39)28-8-2/h9-26,29H,7-8,27-28,30H2,1-4,6H3/q+1. The maximum Gasteiger partial charge on any atom is 0.217 e. The van der Waals surface area contributed by atoms with Crippen LogP contribution in [-0.4, -0.2) is 23.9 Å². The van der Waals surface area contributed by atoms with Gasteiger partial charge in [-0.15, -0.1) is 0 Å². The summed E-state index contributed by atoms with van der Waals surface area (Å²) < 4.78 is 2.57. The van der Waals surface area contributed by atoms with Crippen LogP contribution in [0.25, 0.3) is 26.4 Å². The second kappa shape index (κ2) is 12.0. The van der Waals surface area contributed by atoms with E-state index in [0.29, 0.717) is 5.69 Å². The van der Waals surface area contributed by atoms with Gasteiger partial charge in [0.05, 0.1) is 17.4 Å². The number of rotatable bonds is 8. The largest absolute Gasteiger partial charge is 0.347 e. The number of anilines is 1. The molecule has 234 valence electrons. The molecule has 0 saturated carbocycles. The highest BCUT2D eigenvalue weighted by atomic mass is 15.2. The quantitative estimate of drug-likeness (QED) is 0.125. The first-order valence-electron chi connectivity index (χ1n) is 17.1. The third kappa shape index (κ3) is 4.90. The van der Waals surface area contributed by atoms with Crippen molar-refractivity contribution in [2.45, 2.75) is 64.2 Å². The van der Waals surface area contributed by atoms with Gasteiger partial charge in [0.25, 0.3) is 0 Å². The molecular weight excluding hydrogens is 571 g/mol. The van der Waals surface area contributed by atoms with E-state index < -0.39 is 0 Å². The molecule has 0 amide bonds. The first-order chi connectivity index (χ1) is 22.8. The van der Waals surface area contributed by atoms with Crippen molar-refractivity contribution in [3.8, 4) is 0 Å². The monoisotopic (exact) mass is 614 g/mol. The van der Waals surface area contributed by atoms with Crippen LogP contribution < -0.4 is 4.90 Å². The summed E-state index contributed by atoms with van der Waals surface area (Å²) in [6, 6.07) is 35.1. The Morgan fingerprint density at radius 2 is 1.55 bits per heavy atom. The molecule has 0 bridgehead atoms. The number of likely N-dealkylation sites (N-methyl/N-ethyl adjacent to an activating group) is 1. The van der Waals surface area contributed by atoms with Crippen molar-refractivity contribution in [3.63, 3.8) is 0 Å². The lowest BCUT2D eigenvalue weighted by atomic mass is 9.70. The zero-order valence-electron chi connectivity index (χ0n) is 28.3. The fourth-order valence-electron chi connectivity index (χ4n) is 8.55. The highest BCUT2D eigenvalue weighted by Crippen LogP contribution is 2.54. The fraction of sp³-hybridized carbons (Fsp3) is 0.273. The van der Waals surface area contributed by atoms with Crippen molar-refractivity contribution in [2.75, 3.05) is 18.5 Å². The molecule has 2 heterocycles. The molecule has 1 unspecified atom stereocenters. The second-order valence-electron chi connectivity index (χ2n) is 13.8. The van der Waals surface area contributed by atoms with E-state index in [9.17, 15) is 0 Å². The number of allylic oxidation sites excluding steroid dienone is 4. The first-order valence-corrected chi connectivity index (χ1v) is 17.1. The van der Waals surface area contributed by atoms with Crippen molar-refractivity contribution in [1.82, 2.24) is 0 Å². The van der Waals surface area contributed by atoms with Crippen LogP contribution in [0.2, 0.25) is 0 Å². The molecule has 1 atom stereocenters. The lowest BCUT2D eigenvalue weighted by molar-refractivity contribution is -0.436. The molecule has 47 heavy (non-hydrogen) atoms. The minimum Gasteiger partial charge on any atom is -0.347 e. The predicted octanol–water partition coefficient (Wildman–Crippen LogP) is 11.2. The van der Waals surface area contributed by atoms with E-state index in [1.54, 1.807) is 0 Å². The molecule has 0 radical (unpaired) electrons. The van der Waals surface area contributed by atoms with E-state index in [0.717, 1.165) is 32.2 Å². The zero-order chi connectivity index (χ0) is 32.8. The van der Waals surface area contributed by atoms with Crippen LogP contribution in [0.1, 0.15) is 63.6 Å². The average Bonchev–Trinajstić information content (AvgIpc) is 3.45. The molecule has 7 rings (SSSR count). The van der Waals surface area contributed by atoms with Gasteiger partial charge in [-0.1, -0.05) is 117 Å². The van der Waals surface area contributed by atoms with Crippen LogP contribution in [0, 0.1) is 6.57 Å². The van der Waals surface area contributed by atoms with Crippen molar-refractivity contribution >= 4 is 44.3 Å². The second-order valence-corrected chi connectivity index (χ2v) is 13.8. The van der Waals surface area contributed by atoms with Gasteiger partial charge < -0.3 is 4.90 Å². The van der Waals surface area contributed by atoms with E-state index in [1.165, 1.54) is 61.0 Å². The van der Waals surface area contributed by atoms with Gasteiger partial charge in [0.1, 0.15) is 6.54 Å². The summed E-state index contributed by atoms with van der Waals surface area (Å²) in [5, 5.41) is 5.21. The Morgan fingerprint density at radius 3 is 2.30 bits per heavy atom. The van der Waals surface area contributed by atoms with Gasteiger partial charge in [-0.2, -0.15) is 4.58 Å². The number of hydrogen-bond acceptors (Lipinski definition) is 1. The van der Waals surface area contributed by atoms with Gasteiger partial charge in [0.15, 0.2) is 11.4 Å². The van der Waals surface area contributed by atoms with E-state index >= 15 is 0 Å². The third-order valence-corrected chi connectivity index (χ3v) is 10.6. The summed E-state index contributed by atoms with van der Waals surface area (Å²) in [6.07, 6.45) is 11.1. The molecular formula is C44H44N3+. The van der Waals surface area contributed by atoms with Gasteiger partial charge in [-0.25, -0.2) is 4.85 Å². The molecule has 0 aliphatic carbocycles. The summed E-state index contributed by atoms with van der Waals surface area (Å²) >= 11 is 0. The maximum atomic E-state index is 7.69. The Morgan fingerprint density at radius 1 is 0.830 bits per heavy atom. The van der Waals surface area contributed by atoms with Crippen molar-refractivity contribution in [2.24, 2.45) is 0 Å². The molecule has 2 aliphatic heterocycles. The molecule has 0 spiro atoms. The van der Waals surface area contributed by atoms with Crippen molar-refractivity contribution in [3.05, 3.63) is 149 Å². The van der Waals surface area contributed by atoms with Crippen LogP contribution in [0.15, 0.2) is 121 Å². The third-order valence-electron chi connectivity index (χ3n) is 10.6. The Bertz CT molecular complexity index is 2160. The SMILES string of the molecule is [C-]#[N+]c1cccc(CC2(CCC)C(=CC=CC3=[N+](CCC)c4c(ccc5ccccc45)C3(C)C)N(C)c3ccc4ccccc4c32)c1. The summed E-state index contributed by atoms with van der Waals surface area (Å²) in [4.78, 5) is 6.20. The highest BCUT2D eigenvalue weighted by molar-refractivity contribution is 6.07.